The minimum atomic E-state index is 0.655. The predicted molar refractivity (Wildman–Crippen MR) is 48.4 cm³/mol. The number of nitrogen functional groups attached to an aromatic ring is 1. The molecule has 62 valence electrons. The summed E-state index contributed by atoms with van der Waals surface area (Å²) >= 11 is 1.55. The molecule has 2 heterocycles. The van der Waals surface area contributed by atoms with Crippen molar-refractivity contribution in [2.24, 2.45) is 0 Å². The van der Waals surface area contributed by atoms with Gasteiger partial charge in [0, 0.05) is 5.38 Å². The fraction of sp³-hybridized carbons (Fsp3) is 0.143. The van der Waals surface area contributed by atoms with Crippen molar-refractivity contribution in [1.82, 2.24) is 14.8 Å². The van der Waals surface area contributed by atoms with Crippen LogP contribution in [0.3, 0.4) is 0 Å². The van der Waals surface area contributed by atoms with Gasteiger partial charge in [0.25, 0.3) is 0 Å². The Morgan fingerprint density at radius 1 is 1.58 bits per heavy atom. The Labute approximate surface area is 73.7 Å². The number of rotatable bonds is 1. The van der Waals surface area contributed by atoms with Crippen LogP contribution in [0.5, 0.6) is 0 Å². The monoisotopic (exact) mass is 180 g/mol. The molecule has 0 atom stereocenters. The van der Waals surface area contributed by atoms with E-state index < -0.39 is 0 Å². The molecular formula is C7H8N4S. The molecule has 0 aliphatic heterocycles. The van der Waals surface area contributed by atoms with Crippen LogP contribution in [0, 0.1) is 6.92 Å². The van der Waals surface area contributed by atoms with E-state index in [-0.39, 0.29) is 0 Å². The maximum atomic E-state index is 5.52. The molecule has 12 heavy (non-hydrogen) atoms. The topological polar surface area (TPSA) is 56.7 Å². The second-order valence-corrected chi connectivity index (χ2v) is 3.33. The summed E-state index contributed by atoms with van der Waals surface area (Å²) in [4.78, 5) is 4.26. The minimum absolute atomic E-state index is 0.655. The fourth-order valence-electron chi connectivity index (χ4n) is 0.888. The first-order valence-electron chi connectivity index (χ1n) is 3.48. The summed E-state index contributed by atoms with van der Waals surface area (Å²) in [5.41, 5.74) is 7.18. The van der Waals surface area contributed by atoms with Crippen LogP contribution in [0.2, 0.25) is 0 Å². The molecule has 0 bridgehead atoms. The number of hydrogen-bond acceptors (Lipinski definition) is 4. The zero-order valence-electron chi connectivity index (χ0n) is 6.56. The van der Waals surface area contributed by atoms with Crippen molar-refractivity contribution in [3.8, 4) is 5.13 Å². The molecule has 0 aliphatic carbocycles. The highest BCUT2D eigenvalue weighted by Gasteiger charge is 2.01. The van der Waals surface area contributed by atoms with Crippen molar-refractivity contribution in [2.45, 2.75) is 6.92 Å². The maximum Gasteiger partial charge on any atom is 0.210 e. The van der Waals surface area contributed by atoms with Gasteiger partial charge in [-0.3, -0.25) is 0 Å². The van der Waals surface area contributed by atoms with Crippen LogP contribution in [0.15, 0.2) is 17.8 Å². The highest BCUT2D eigenvalue weighted by molar-refractivity contribution is 7.12. The lowest BCUT2D eigenvalue weighted by molar-refractivity contribution is 0.865. The number of aromatic nitrogens is 3. The van der Waals surface area contributed by atoms with E-state index in [2.05, 4.69) is 10.1 Å². The van der Waals surface area contributed by atoms with Crippen LogP contribution in [0.4, 0.5) is 5.69 Å². The number of nitrogens with zero attached hydrogens (tertiary/aromatic N) is 3. The molecule has 2 aromatic heterocycles. The van der Waals surface area contributed by atoms with Crippen molar-refractivity contribution in [2.75, 3.05) is 5.73 Å². The van der Waals surface area contributed by atoms with E-state index in [9.17, 15) is 0 Å². The normalized spacial score (nSPS) is 10.4. The van der Waals surface area contributed by atoms with E-state index in [1.54, 1.807) is 28.4 Å². The van der Waals surface area contributed by atoms with E-state index in [0.29, 0.717) is 5.69 Å². The van der Waals surface area contributed by atoms with Crippen molar-refractivity contribution >= 4 is 17.0 Å². The number of thiazole rings is 1. The van der Waals surface area contributed by atoms with Crippen LogP contribution in [-0.4, -0.2) is 14.8 Å². The van der Waals surface area contributed by atoms with Gasteiger partial charge in [0.15, 0.2) is 0 Å². The Balaban J connectivity index is 2.43. The highest BCUT2D eigenvalue weighted by atomic mass is 32.1. The molecule has 2 N–H and O–H groups in total. The second-order valence-electron chi connectivity index (χ2n) is 2.49. The number of nitrogens with two attached hydrogens (primary N) is 1. The van der Waals surface area contributed by atoms with Gasteiger partial charge in [0.2, 0.25) is 5.13 Å². The summed E-state index contributed by atoms with van der Waals surface area (Å²) in [5.74, 6) is 0. The molecule has 2 rings (SSSR count). The zero-order chi connectivity index (χ0) is 8.55. The second kappa shape index (κ2) is 2.60. The third-order valence-electron chi connectivity index (χ3n) is 1.41. The van der Waals surface area contributed by atoms with Crippen molar-refractivity contribution in [3.63, 3.8) is 0 Å². The predicted octanol–water partition coefficient (Wildman–Crippen LogP) is 1.22. The third-order valence-corrected chi connectivity index (χ3v) is 2.35. The van der Waals surface area contributed by atoms with Crippen molar-refractivity contribution < 1.29 is 0 Å². The molecule has 0 radical (unpaired) electrons. The SMILES string of the molecule is Cc1csc(-n2cc(N)cn2)n1. The molecule has 5 heteroatoms. The number of anilines is 1. The van der Waals surface area contributed by atoms with Crippen LogP contribution >= 0.6 is 11.3 Å². The zero-order valence-corrected chi connectivity index (χ0v) is 7.38. The molecule has 0 fully saturated rings. The summed E-state index contributed by atoms with van der Waals surface area (Å²) in [6.45, 7) is 1.95. The van der Waals surface area contributed by atoms with Gasteiger partial charge >= 0.3 is 0 Å². The number of aryl methyl sites for hydroxylation is 1. The van der Waals surface area contributed by atoms with Gasteiger partial charge in [-0.2, -0.15) is 5.10 Å². The minimum Gasteiger partial charge on any atom is -0.396 e. The molecule has 0 spiro atoms. The summed E-state index contributed by atoms with van der Waals surface area (Å²) in [5, 5.41) is 6.87. The Morgan fingerprint density at radius 3 is 2.92 bits per heavy atom. The van der Waals surface area contributed by atoms with Gasteiger partial charge in [0.1, 0.15) is 0 Å². The molecule has 2 aromatic rings. The van der Waals surface area contributed by atoms with Crippen LogP contribution in [0.25, 0.3) is 5.13 Å². The average Bonchev–Trinajstić information content (AvgIpc) is 2.58. The third kappa shape index (κ3) is 1.18. The summed E-state index contributed by atoms with van der Waals surface area (Å²) in [7, 11) is 0. The lowest BCUT2D eigenvalue weighted by atomic mass is 10.6. The highest BCUT2D eigenvalue weighted by Crippen LogP contribution is 2.14. The fourth-order valence-corrected chi connectivity index (χ4v) is 1.62. The molecule has 0 amide bonds. The van der Waals surface area contributed by atoms with Crippen LogP contribution in [0.1, 0.15) is 5.69 Å². The van der Waals surface area contributed by atoms with Gasteiger partial charge < -0.3 is 5.73 Å². The van der Waals surface area contributed by atoms with Crippen LogP contribution < -0.4 is 5.73 Å². The van der Waals surface area contributed by atoms with E-state index in [1.807, 2.05) is 12.3 Å². The first kappa shape index (κ1) is 7.30. The van der Waals surface area contributed by atoms with E-state index in [1.165, 1.54) is 0 Å². The smallest absolute Gasteiger partial charge is 0.210 e. The number of hydrogen-bond donors (Lipinski definition) is 1. The molecule has 4 nitrogen and oxygen atoms in total. The first-order chi connectivity index (χ1) is 5.75. The Kier molecular flexibility index (Phi) is 1.58. The summed E-state index contributed by atoms with van der Waals surface area (Å²) in [6.07, 6.45) is 3.36. The Bertz CT molecular complexity index is 351. The molecule has 0 saturated carbocycles. The molecule has 0 aromatic carbocycles. The van der Waals surface area contributed by atoms with E-state index in [4.69, 9.17) is 5.73 Å². The summed E-state index contributed by atoms with van der Waals surface area (Å²) in [6, 6.07) is 0. The van der Waals surface area contributed by atoms with E-state index >= 15 is 0 Å². The van der Waals surface area contributed by atoms with Crippen LogP contribution in [-0.2, 0) is 0 Å². The van der Waals surface area contributed by atoms with Gasteiger partial charge in [-0.25, -0.2) is 9.67 Å². The molecule has 0 unspecified atom stereocenters. The quantitative estimate of drug-likeness (QED) is 0.717. The van der Waals surface area contributed by atoms with Crippen molar-refractivity contribution in [3.05, 3.63) is 23.5 Å². The van der Waals surface area contributed by atoms with Gasteiger partial charge in [-0.05, 0) is 6.92 Å². The standard InChI is InChI=1S/C7H8N4S/c1-5-4-12-7(10-5)11-3-6(8)2-9-11/h2-4H,8H2,1H3. The average molecular weight is 180 g/mol. The molecule has 0 aliphatic rings. The molecule has 0 saturated heterocycles. The Morgan fingerprint density at radius 2 is 2.42 bits per heavy atom. The largest absolute Gasteiger partial charge is 0.396 e. The van der Waals surface area contributed by atoms with E-state index in [0.717, 1.165) is 10.8 Å². The first-order valence-corrected chi connectivity index (χ1v) is 4.36. The summed E-state index contributed by atoms with van der Waals surface area (Å²) < 4.78 is 1.67. The Hall–Kier alpha value is -1.36. The molecular weight excluding hydrogens is 172 g/mol. The van der Waals surface area contributed by atoms with Gasteiger partial charge in [-0.1, -0.05) is 0 Å². The van der Waals surface area contributed by atoms with Crippen molar-refractivity contribution in [1.29, 1.82) is 0 Å². The lowest BCUT2D eigenvalue weighted by Crippen LogP contribution is -1.92. The van der Waals surface area contributed by atoms with Gasteiger partial charge in [0.05, 0.1) is 23.8 Å². The van der Waals surface area contributed by atoms with Gasteiger partial charge in [-0.15, -0.1) is 11.3 Å². The maximum absolute atomic E-state index is 5.52. The lowest BCUT2D eigenvalue weighted by Gasteiger charge is -1.90.